The lowest BCUT2D eigenvalue weighted by Gasteiger charge is -2.18. The lowest BCUT2D eigenvalue weighted by Crippen LogP contribution is -2.15. The molecular weight excluding hydrogens is 294 g/mol. The largest absolute Gasteiger partial charge is 0.506 e. The van der Waals surface area contributed by atoms with Gasteiger partial charge in [0.15, 0.2) is 11.5 Å². The maximum absolute atomic E-state index is 11.9. The first kappa shape index (κ1) is 15.0. The third-order valence-corrected chi connectivity index (χ3v) is 3.40. The molecule has 2 N–H and O–H groups in total. The molecule has 2 aromatic rings. The van der Waals surface area contributed by atoms with Gasteiger partial charge in [0, 0.05) is 6.08 Å². The quantitative estimate of drug-likeness (QED) is 0.675. The van der Waals surface area contributed by atoms with E-state index < -0.39 is 0 Å². The number of anilines is 1. The average Bonchev–Trinajstić information content (AvgIpc) is 2.55. The summed E-state index contributed by atoms with van der Waals surface area (Å²) in [6.45, 7) is 2.94. The third-order valence-electron chi connectivity index (χ3n) is 3.40. The molecule has 1 aliphatic rings. The van der Waals surface area contributed by atoms with Crippen LogP contribution >= 0.6 is 0 Å². The van der Waals surface area contributed by atoms with Crippen LogP contribution in [0.5, 0.6) is 17.2 Å². The van der Waals surface area contributed by atoms with E-state index in [0.717, 1.165) is 11.1 Å². The monoisotopic (exact) mass is 311 g/mol. The summed E-state index contributed by atoms with van der Waals surface area (Å²) in [6.07, 6.45) is 3.09. The number of phenols is 1. The molecule has 1 aliphatic heterocycles. The summed E-state index contributed by atoms with van der Waals surface area (Å²) in [5.41, 5.74) is 2.14. The summed E-state index contributed by atoms with van der Waals surface area (Å²) in [5, 5.41) is 12.4. The number of aryl methyl sites for hydroxylation is 1. The summed E-state index contributed by atoms with van der Waals surface area (Å²) in [7, 11) is 0. The Labute approximate surface area is 134 Å². The summed E-state index contributed by atoms with van der Waals surface area (Å²) in [5.74, 6) is 1.11. The molecule has 5 heteroatoms. The number of hydrogen-bond donors (Lipinski definition) is 2. The number of benzene rings is 2. The molecule has 118 valence electrons. The van der Waals surface area contributed by atoms with Gasteiger partial charge < -0.3 is 19.9 Å². The number of ether oxygens (including phenoxy) is 2. The molecule has 0 bridgehead atoms. The van der Waals surface area contributed by atoms with Crippen LogP contribution < -0.4 is 14.8 Å². The number of hydrogen-bond acceptors (Lipinski definition) is 4. The molecule has 23 heavy (non-hydrogen) atoms. The lowest BCUT2D eigenvalue weighted by molar-refractivity contribution is -0.111. The maximum Gasteiger partial charge on any atom is 0.248 e. The standard InChI is InChI=1S/C18H17NO4/c1-12-2-5-14(15(20)10-12)19-18(21)7-4-13-3-6-16-17(11-13)23-9-8-22-16/h2-7,10-11,20H,8-9H2,1H3,(H,19,21)/b7-4+. The molecule has 3 rings (SSSR count). The summed E-state index contributed by atoms with van der Waals surface area (Å²) in [6, 6.07) is 10.6. The molecular formula is C18H17NO4. The fourth-order valence-electron chi connectivity index (χ4n) is 2.26. The Hall–Kier alpha value is -2.95. The molecule has 0 aliphatic carbocycles. The normalized spacial score (nSPS) is 13.1. The van der Waals surface area contributed by atoms with Gasteiger partial charge in [-0.05, 0) is 48.4 Å². The van der Waals surface area contributed by atoms with Crippen molar-refractivity contribution in [3.63, 3.8) is 0 Å². The number of aromatic hydroxyl groups is 1. The molecule has 0 aromatic heterocycles. The van der Waals surface area contributed by atoms with Crippen molar-refractivity contribution in [3.05, 3.63) is 53.6 Å². The van der Waals surface area contributed by atoms with Crippen molar-refractivity contribution in [3.8, 4) is 17.2 Å². The van der Waals surface area contributed by atoms with Gasteiger partial charge in [-0.2, -0.15) is 0 Å². The SMILES string of the molecule is Cc1ccc(NC(=O)/C=C/c2ccc3c(c2)OCCO3)c(O)c1. The van der Waals surface area contributed by atoms with Crippen LogP contribution in [-0.2, 0) is 4.79 Å². The van der Waals surface area contributed by atoms with Gasteiger partial charge in [0.05, 0.1) is 5.69 Å². The number of carbonyl (C=O) groups is 1. The fraction of sp³-hybridized carbons (Fsp3) is 0.167. The van der Waals surface area contributed by atoms with E-state index in [1.807, 2.05) is 31.2 Å². The highest BCUT2D eigenvalue weighted by Crippen LogP contribution is 2.31. The van der Waals surface area contributed by atoms with Gasteiger partial charge in [0.2, 0.25) is 5.91 Å². The first-order chi connectivity index (χ1) is 11.1. The van der Waals surface area contributed by atoms with Crippen LogP contribution in [0.25, 0.3) is 6.08 Å². The van der Waals surface area contributed by atoms with Gasteiger partial charge in [-0.3, -0.25) is 4.79 Å². The Morgan fingerprint density at radius 3 is 2.70 bits per heavy atom. The molecule has 1 amide bonds. The Morgan fingerprint density at radius 1 is 1.13 bits per heavy atom. The average molecular weight is 311 g/mol. The molecule has 0 fully saturated rings. The second kappa shape index (κ2) is 6.44. The van der Waals surface area contributed by atoms with Gasteiger partial charge in [0.1, 0.15) is 19.0 Å². The minimum Gasteiger partial charge on any atom is -0.506 e. The molecule has 0 unspecified atom stereocenters. The summed E-state index contributed by atoms with van der Waals surface area (Å²) in [4.78, 5) is 11.9. The van der Waals surface area contributed by atoms with Crippen LogP contribution in [0.4, 0.5) is 5.69 Å². The molecule has 0 saturated heterocycles. The Bertz CT molecular complexity index is 768. The van der Waals surface area contributed by atoms with Crippen LogP contribution in [0.1, 0.15) is 11.1 Å². The molecule has 0 spiro atoms. The van der Waals surface area contributed by atoms with Crippen molar-refractivity contribution in [2.45, 2.75) is 6.92 Å². The number of phenolic OH excluding ortho intramolecular Hbond substituents is 1. The predicted molar refractivity (Wildman–Crippen MR) is 87.9 cm³/mol. The number of fused-ring (bicyclic) bond motifs is 1. The minimum absolute atomic E-state index is 0.0473. The number of amides is 1. The van der Waals surface area contributed by atoms with Crippen molar-refractivity contribution in [1.29, 1.82) is 0 Å². The van der Waals surface area contributed by atoms with E-state index in [9.17, 15) is 9.90 Å². The summed E-state index contributed by atoms with van der Waals surface area (Å²) < 4.78 is 11.0. The molecule has 0 radical (unpaired) electrons. The molecule has 0 atom stereocenters. The predicted octanol–water partition coefficient (Wildman–Crippen LogP) is 3.12. The van der Waals surface area contributed by atoms with Crippen LogP contribution in [0, 0.1) is 6.92 Å². The van der Waals surface area contributed by atoms with Gasteiger partial charge in [0.25, 0.3) is 0 Å². The van der Waals surface area contributed by atoms with Gasteiger partial charge in [-0.15, -0.1) is 0 Å². The topological polar surface area (TPSA) is 67.8 Å². The first-order valence-corrected chi connectivity index (χ1v) is 7.30. The van der Waals surface area contributed by atoms with Crippen LogP contribution in [0.2, 0.25) is 0 Å². The van der Waals surface area contributed by atoms with Crippen LogP contribution in [0.15, 0.2) is 42.5 Å². The molecule has 0 saturated carbocycles. The maximum atomic E-state index is 11.9. The van der Waals surface area contributed by atoms with Gasteiger partial charge >= 0.3 is 0 Å². The van der Waals surface area contributed by atoms with Gasteiger partial charge in [-0.1, -0.05) is 12.1 Å². The molecule has 1 heterocycles. The Balaban J connectivity index is 1.68. The number of rotatable bonds is 3. The van der Waals surface area contributed by atoms with E-state index in [2.05, 4.69) is 5.32 Å². The smallest absolute Gasteiger partial charge is 0.248 e. The highest BCUT2D eigenvalue weighted by atomic mass is 16.6. The van der Waals surface area contributed by atoms with Crippen molar-refractivity contribution < 1.29 is 19.4 Å². The van der Waals surface area contributed by atoms with Gasteiger partial charge in [-0.25, -0.2) is 0 Å². The highest BCUT2D eigenvalue weighted by molar-refractivity contribution is 6.02. The van der Waals surface area contributed by atoms with E-state index in [-0.39, 0.29) is 11.7 Å². The van der Waals surface area contributed by atoms with E-state index in [4.69, 9.17) is 9.47 Å². The number of nitrogens with one attached hydrogen (secondary N) is 1. The minimum atomic E-state index is -0.320. The second-order valence-electron chi connectivity index (χ2n) is 5.25. The first-order valence-electron chi connectivity index (χ1n) is 7.30. The molecule has 5 nitrogen and oxygen atoms in total. The summed E-state index contributed by atoms with van der Waals surface area (Å²) >= 11 is 0. The van der Waals surface area contributed by atoms with E-state index in [0.29, 0.717) is 30.4 Å². The zero-order valence-corrected chi connectivity index (χ0v) is 12.7. The Kier molecular flexibility index (Phi) is 4.19. The second-order valence-corrected chi connectivity index (χ2v) is 5.25. The number of carbonyl (C=O) groups excluding carboxylic acids is 1. The van der Waals surface area contributed by atoms with Crippen LogP contribution in [-0.4, -0.2) is 24.2 Å². The Morgan fingerprint density at radius 2 is 1.91 bits per heavy atom. The third kappa shape index (κ3) is 3.63. The van der Waals surface area contributed by atoms with Crippen molar-refractivity contribution in [2.24, 2.45) is 0 Å². The van der Waals surface area contributed by atoms with Crippen molar-refractivity contribution in [2.75, 3.05) is 18.5 Å². The lowest BCUT2D eigenvalue weighted by atomic mass is 10.1. The highest BCUT2D eigenvalue weighted by Gasteiger charge is 2.11. The zero-order chi connectivity index (χ0) is 16.2. The zero-order valence-electron chi connectivity index (χ0n) is 12.7. The molecule has 2 aromatic carbocycles. The van der Waals surface area contributed by atoms with E-state index in [1.54, 1.807) is 18.2 Å². The van der Waals surface area contributed by atoms with Crippen molar-refractivity contribution >= 4 is 17.7 Å². The van der Waals surface area contributed by atoms with E-state index in [1.165, 1.54) is 6.08 Å². The van der Waals surface area contributed by atoms with E-state index >= 15 is 0 Å². The van der Waals surface area contributed by atoms with Crippen molar-refractivity contribution in [1.82, 2.24) is 0 Å². The van der Waals surface area contributed by atoms with Crippen LogP contribution in [0.3, 0.4) is 0 Å². The fourth-order valence-corrected chi connectivity index (χ4v) is 2.26.